The molecule has 170 valence electrons. The summed E-state index contributed by atoms with van der Waals surface area (Å²) in [6.45, 7) is 4.52. The highest BCUT2D eigenvalue weighted by atomic mass is 127. The van der Waals surface area contributed by atoms with Gasteiger partial charge in [0.1, 0.15) is 0 Å². The summed E-state index contributed by atoms with van der Waals surface area (Å²) in [7, 11) is -2.00. The number of hydrogen-bond donors (Lipinski definition) is 3. The lowest BCUT2D eigenvalue weighted by Crippen LogP contribution is -2.36. The van der Waals surface area contributed by atoms with E-state index in [1.54, 1.807) is 19.2 Å². The molecular weight excluding hydrogens is 525 g/mol. The first kappa shape index (κ1) is 25.6. The largest absolute Gasteiger partial charge is 0.352 e. The molecule has 9 heteroatoms. The lowest BCUT2D eigenvalue weighted by molar-refractivity contribution is 0.221. The molecule has 31 heavy (non-hydrogen) atoms. The molecule has 0 aromatic heterocycles. The molecule has 0 spiro atoms. The first-order chi connectivity index (χ1) is 14.4. The predicted octanol–water partition coefficient (Wildman–Crippen LogP) is 2.80. The lowest BCUT2D eigenvalue weighted by Gasteiger charge is -2.26. The van der Waals surface area contributed by atoms with Crippen LogP contribution in [0.1, 0.15) is 36.0 Å². The van der Waals surface area contributed by atoms with Gasteiger partial charge < -0.3 is 10.6 Å². The van der Waals surface area contributed by atoms with Crippen LogP contribution >= 0.6 is 24.0 Å². The number of hydrogen-bond acceptors (Lipinski definition) is 4. The Bertz CT molecular complexity index is 958. The number of nitrogens with one attached hydrogen (secondary N) is 2. The summed E-state index contributed by atoms with van der Waals surface area (Å²) in [6, 6.07) is 15.3. The highest BCUT2D eigenvalue weighted by molar-refractivity contribution is 14.0. The number of rotatable bonds is 7. The highest BCUT2D eigenvalue weighted by Gasteiger charge is 2.10. The summed E-state index contributed by atoms with van der Waals surface area (Å²) >= 11 is 0. The van der Waals surface area contributed by atoms with Crippen LogP contribution in [0.4, 0.5) is 0 Å². The average molecular weight is 558 g/mol. The number of halogens is 1. The van der Waals surface area contributed by atoms with E-state index in [1.807, 2.05) is 6.07 Å². The van der Waals surface area contributed by atoms with Crippen LogP contribution in [0.3, 0.4) is 0 Å². The van der Waals surface area contributed by atoms with E-state index in [4.69, 9.17) is 5.14 Å². The molecule has 1 saturated heterocycles. The van der Waals surface area contributed by atoms with E-state index in [1.165, 1.54) is 49.5 Å². The van der Waals surface area contributed by atoms with Crippen molar-refractivity contribution in [2.75, 3.05) is 20.1 Å². The molecule has 0 unspecified atom stereocenters. The molecule has 3 rings (SSSR count). The summed E-state index contributed by atoms with van der Waals surface area (Å²) in [5, 5.41) is 11.7. The fourth-order valence-electron chi connectivity index (χ4n) is 3.56. The number of aliphatic imine (C=N–C) groups is 1. The Morgan fingerprint density at radius 2 is 1.58 bits per heavy atom. The molecule has 2 aromatic rings. The molecule has 7 nitrogen and oxygen atoms in total. The predicted molar refractivity (Wildman–Crippen MR) is 136 cm³/mol. The van der Waals surface area contributed by atoms with Crippen molar-refractivity contribution >= 4 is 40.0 Å². The van der Waals surface area contributed by atoms with E-state index in [-0.39, 0.29) is 28.9 Å². The summed E-state index contributed by atoms with van der Waals surface area (Å²) in [4.78, 5) is 6.86. The van der Waals surface area contributed by atoms with E-state index >= 15 is 0 Å². The summed E-state index contributed by atoms with van der Waals surface area (Å²) in [5.41, 5.74) is 3.33. The highest BCUT2D eigenvalue weighted by Crippen LogP contribution is 2.14. The minimum atomic E-state index is -3.71. The third-order valence-corrected chi connectivity index (χ3v) is 6.16. The number of nitrogens with zero attached hydrogens (tertiary/aromatic N) is 2. The van der Waals surface area contributed by atoms with Gasteiger partial charge in [0.2, 0.25) is 10.0 Å². The Balaban J connectivity index is 0.00000341. The SMILES string of the molecule is CN=C(NCc1ccc(CN2CCCCC2)cc1)NCc1cccc(S(N)(=O)=O)c1.I. The van der Waals surface area contributed by atoms with Crippen molar-refractivity contribution in [2.45, 2.75) is 43.8 Å². The van der Waals surface area contributed by atoms with Gasteiger partial charge in [0.15, 0.2) is 5.96 Å². The number of piperidine rings is 1. The normalized spacial score (nSPS) is 15.2. The topological polar surface area (TPSA) is 99.8 Å². The maximum Gasteiger partial charge on any atom is 0.238 e. The lowest BCUT2D eigenvalue weighted by atomic mass is 10.1. The van der Waals surface area contributed by atoms with Gasteiger partial charge in [-0.2, -0.15) is 0 Å². The molecule has 1 fully saturated rings. The van der Waals surface area contributed by atoms with Gasteiger partial charge in [0, 0.05) is 26.7 Å². The van der Waals surface area contributed by atoms with Crippen molar-refractivity contribution in [2.24, 2.45) is 10.1 Å². The standard InChI is InChI=1S/C22H31N5O2S.HI/c1-24-22(26-16-20-6-5-7-21(14-20)30(23,28)29)25-15-18-8-10-19(11-9-18)17-27-12-3-2-4-13-27;/h5-11,14H,2-4,12-13,15-17H2,1H3,(H2,23,28,29)(H2,24,25,26);1H. The van der Waals surface area contributed by atoms with Crippen LogP contribution in [0.25, 0.3) is 0 Å². The van der Waals surface area contributed by atoms with Gasteiger partial charge in [0.25, 0.3) is 0 Å². The van der Waals surface area contributed by atoms with Crippen LogP contribution in [-0.4, -0.2) is 39.4 Å². The smallest absolute Gasteiger partial charge is 0.238 e. The molecule has 4 N–H and O–H groups in total. The van der Waals surface area contributed by atoms with E-state index in [0.29, 0.717) is 19.0 Å². The zero-order valence-electron chi connectivity index (χ0n) is 17.9. The van der Waals surface area contributed by atoms with Crippen LogP contribution < -0.4 is 15.8 Å². The summed E-state index contributed by atoms with van der Waals surface area (Å²) in [6.07, 6.45) is 3.97. The average Bonchev–Trinajstić information content (AvgIpc) is 2.75. The molecular formula is C22H32IN5O2S. The first-order valence-corrected chi connectivity index (χ1v) is 11.8. The molecule has 2 aromatic carbocycles. The fourth-order valence-corrected chi connectivity index (χ4v) is 4.15. The number of nitrogens with two attached hydrogens (primary N) is 1. The van der Waals surface area contributed by atoms with Crippen molar-refractivity contribution < 1.29 is 8.42 Å². The number of likely N-dealkylation sites (tertiary alicyclic amines) is 1. The molecule has 0 bridgehead atoms. The molecule has 0 saturated carbocycles. The first-order valence-electron chi connectivity index (χ1n) is 10.3. The number of sulfonamides is 1. The molecule has 0 aliphatic carbocycles. The fraction of sp³-hybridized carbons (Fsp3) is 0.409. The van der Waals surface area contributed by atoms with Gasteiger partial charge >= 0.3 is 0 Å². The maximum atomic E-state index is 11.5. The Hall–Kier alpha value is -1.69. The van der Waals surface area contributed by atoms with Crippen molar-refractivity contribution in [1.82, 2.24) is 15.5 Å². The molecule has 1 aliphatic heterocycles. The van der Waals surface area contributed by atoms with Gasteiger partial charge in [-0.3, -0.25) is 9.89 Å². The minimum Gasteiger partial charge on any atom is -0.352 e. The summed E-state index contributed by atoms with van der Waals surface area (Å²) in [5.74, 6) is 0.647. The van der Waals surface area contributed by atoms with Crippen molar-refractivity contribution in [3.63, 3.8) is 0 Å². The Morgan fingerprint density at radius 3 is 2.19 bits per heavy atom. The summed E-state index contributed by atoms with van der Waals surface area (Å²) < 4.78 is 23.0. The Morgan fingerprint density at radius 1 is 0.968 bits per heavy atom. The second kappa shape index (κ2) is 12.4. The monoisotopic (exact) mass is 557 g/mol. The van der Waals surface area contributed by atoms with Gasteiger partial charge in [0.05, 0.1) is 4.90 Å². The van der Waals surface area contributed by atoms with Crippen LogP contribution in [0.5, 0.6) is 0 Å². The van der Waals surface area contributed by atoms with Crippen molar-refractivity contribution in [1.29, 1.82) is 0 Å². The van der Waals surface area contributed by atoms with Crippen molar-refractivity contribution in [3.8, 4) is 0 Å². The second-order valence-electron chi connectivity index (χ2n) is 7.63. The van der Waals surface area contributed by atoms with E-state index in [9.17, 15) is 8.42 Å². The minimum absolute atomic E-state index is 0. The van der Waals surface area contributed by atoms with E-state index in [0.717, 1.165) is 12.1 Å². The van der Waals surface area contributed by atoms with Gasteiger partial charge in [-0.15, -0.1) is 24.0 Å². The Kier molecular flexibility index (Phi) is 10.2. The van der Waals surface area contributed by atoms with Crippen LogP contribution in [0.15, 0.2) is 58.4 Å². The molecule has 0 atom stereocenters. The van der Waals surface area contributed by atoms with Gasteiger partial charge in [-0.25, -0.2) is 13.6 Å². The number of primary sulfonamides is 1. The molecule has 0 radical (unpaired) electrons. The zero-order chi connectivity index (χ0) is 21.4. The zero-order valence-corrected chi connectivity index (χ0v) is 21.0. The van der Waals surface area contributed by atoms with Crippen LogP contribution in [0, 0.1) is 0 Å². The maximum absolute atomic E-state index is 11.5. The third kappa shape index (κ3) is 8.40. The molecule has 1 heterocycles. The Labute approximate surface area is 202 Å². The van der Waals surface area contributed by atoms with E-state index in [2.05, 4.69) is 44.8 Å². The van der Waals surface area contributed by atoms with Gasteiger partial charge in [-0.1, -0.05) is 42.8 Å². The third-order valence-electron chi connectivity index (χ3n) is 5.25. The van der Waals surface area contributed by atoms with Crippen molar-refractivity contribution in [3.05, 3.63) is 65.2 Å². The number of guanidine groups is 1. The van der Waals surface area contributed by atoms with Crippen LogP contribution in [-0.2, 0) is 29.7 Å². The number of benzene rings is 2. The molecule has 1 aliphatic rings. The van der Waals surface area contributed by atoms with Gasteiger partial charge in [-0.05, 0) is 54.8 Å². The second-order valence-corrected chi connectivity index (χ2v) is 9.19. The van der Waals surface area contributed by atoms with Crippen LogP contribution in [0.2, 0.25) is 0 Å². The van der Waals surface area contributed by atoms with E-state index < -0.39 is 10.0 Å². The molecule has 0 amide bonds. The quantitative estimate of drug-likeness (QED) is 0.276.